The molecule has 3 rings (SSSR count). The summed E-state index contributed by atoms with van der Waals surface area (Å²) < 4.78 is 0. The molecule has 0 radical (unpaired) electrons. The highest BCUT2D eigenvalue weighted by Gasteiger charge is 2.39. The Hall–Kier alpha value is -1.64. The normalized spacial score (nSPS) is 27.2. The first-order chi connectivity index (χ1) is 9.41. The summed E-state index contributed by atoms with van der Waals surface area (Å²) in [5.41, 5.74) is 1.99. The monoisotopic (exact) mass is 271 g/mol. The smallest absolute Gasteiger partial charge is 0.234 e. The average molecular weight is 271 g/mol. The molecule has 2 unspecified atom stereocenters. The molecule has 1 heterocycles. The fourth-order valence-corrected chi connectivity index (χ4v) is 3.47. The van der Waals surface area contributed by atoms with Crippen molar-refractivity contribution in [2.24, 2.45) is 11.8 Å². The third kappa shape index (κ3) is 1.88. The zero-order valence-corrected chi connectivity index (χ0v) is 12.3. The molecule has 3 heteroatoms. The third-order valence-electron chi connectivity index (χ3n) is 4.99. The summed E-state index contributed by atoms with van der Waals surface area (Å²) in [6.45, 7) is 5.97. The van der Waals surface area contributed by atoms with Gasteiger partial charge in [0.05, 0.1) is 5.41 Å². The maximum Gasteiger partial charge on any atom is 0.234 e. The maximum atomic E-state index is 12.6. The van der Waals surface area contributed by atoms with Gasteiger partial charge in [0.25, 0.3) is 0 Å². The molecule has 2 atom stereocenters. The molecule has 20 heavy (non-hydrogen) atoms. The molecular formula is C17H21NO2. The highest BCUT2D eigenvalue weighted by molar-refractivity contribution is 6.07. The molecule has 3 nitrogen and oxygen atoms in total. The number of amides is 1. The number of anilines is 1. The SMILES string of the molecule is CC1CCCC1C(=O)c1ccc2c(c1)C(C)(C)C(=O)N2. The lowest BCUT2D eigenvalue weighted by Crippen LogP contribution is -2.27. The van der Waals surface area contributed by atoms with Gasteiger partial charge in [0.1, 0.15) is 0 Å². The number of benzene rings is 1. The Labute approximate surface area is 119 Å². The van der Waals surface area contributed by atoms with E-state index in [-0.39, 0.29) is 17.6 Å². The van der Waals surface area contributed by atoms with E-state index in [1.165, 1.54) is 0 Å². The van der Waals surface area contributed by atoms with Crippen LogP contribution >= 0.6 is 0 Å². The van der Waals surface area contributed by atoms with Gasteiger partial charge in [-0.1, -0.05) is 13.3 Å². The van der Waals surface area contributed by atoms with Gasteiger partial charge < -0.3 is 5.32 Å². The molecule has 0 aromatic heterocycles. The van der Waals surface area contributed by atoms with Crippen molar-refractivity contribution in [1.82, 2.24) is 0 Å². The molecule has 1 aromatic rings. The molecular weight excluding hydrogens is 250 g/mol. The predicted molar refractivity (Wildman–Crippen MR) is 78.9 cm³/mol. The summed E-state index contributed by atoms with van der Waals surface area (Å²) in [5, 5.41) is 2.88. The molecule has 106 valence electrons. The van der Waals surface area contributed by atoms with E-state index < -0.39 is 5.41 Å². The van der Waals surface area contributed by atoms with E-state index >= 15 is 0 Å². The number of carbonyl (C=O) groups excluding carboxylic acids is 2. The van der Waals surface area contributed by atoms with Crippen LogP contribution in [-0.4, -0.2) is 11.7 Å². The van der Waals surface area contributed by atoms with Crippen LogP contribution in [0.3, 0.4) is 0 Å². The van der Waals surface area contributed by atoms with Crippen molar-refractivity contribution in [2.75, 3.05) is 5.32 Å². The Balaban J connectivity index is 1.96. The van der Waals surface area contributed by atoms with Gasteiger partial charge in [-0.3, -0.25) is 9.59 Å². The molecule has 1 N–H and O–H groups in total. The van der Waals surface area contributed by atoms with Gasteiger partial charge in [0, 0.05) is 17.2 Å². The van der Waals surface area contributed by atoms with Gasteiger partial charge in [-0.15, -0.1) is 0 Å². The minimum Gasteiger partial charge on any atom is -0.325 e. The van der Waals surface area contributed by atoms with Crippen LogP contribution in [0.15, 0.2) is 18.2 Å². The van der Waals surface area contributed by atoms with Crippen molar-refractivity contribution in [3.05, 3.63) is 29.3 Å². The van der Waals surface area contributed by atoms with Gasteiger partial charge in [0.15, 0.2) is 5.78 Å². The molecule has 1 aromatic carbocycles. The summed E-state index contributed by atoms with van der Waals surface area (Å²) in [5.74, 6) is 0.879. The second-order valence-corrected chi connectivity index (χ2v) is 6.72. The minimum absolute atomic E-state index is 0.00586. The molecule has 0 bridgehead atoms. The van der Waals surface area contributed by atoms with Crippen molar-refractivity contribution in [1.29, 1.82) is 0 Å². The van der Waals surface area contributed by atoms with Crippen LogP contribution in [0.4, 0.5) is 5.69 Å². The van der Waals surface area contributed by atoms with Gasteiger partial charge in [-0.05, 0) is 56.4 Å². The van der Waals surface area contributed by atoms with E-state index in [4.69, 9.17) is 0 Å². The van der Waals surface area contributed by atoms with E-state index in [0.29, 0.717) is 5.92 Å². The Morgan fingerprint density at radius 2 is 2.05 bits per heavy atom. The molecule has 0 saturated heterocycles. The van der Waals surface area contributed by atoms with Gasteiger partial charge in [-0.2, -0.15) is 0 Å². The van der Waals surface area contributed by atoms with E-state index in [0.717, 1.165) is 36.1 Å². The lowest BCUT2D eigenvalue weighted by atomic mass is 9.83. The number of Topliss-reactive ketones (excluding diaryl/α,β-unsaturated/α-hetero) is 1. The summed E-state index contributed by atoms with van der Waals surface area (Å²) >= 11 is 0. The van der Waals surface area contributed by atoms with E-state index in [9.17, 15) is 9.59 Å². The number of carbonyl (C=O) groups is 2. The third-order valence-corrected chi connectivity index (χ3v) is 4.99. The summed E-state index contributed by atoms with van der Waals surface area (Å²) in [6, 6.07) is 5.64. The molecule has 1 aliphatic heterocycles. The Morgan fingerprint density at radius 1 is 1.30 bits per heavy atom. The maximum absolute atomic E-state index is 12.6. The van der Waals surface area contributed by atoms with Crippen LogP contribution in [0.25, 0.3) is 0 Å². The molecule has 1 amide bonds. The highest BCUT2D eigenvalue weighted by atomic mass is 16.2. The number of nitrogens with one attached hydrogen (secondary N) is 1. The molecule has 1 saturated carbocycles. The van der Waals surface area contributed by atoms with E-state index in [1.807, 2.05) is 32.0 Å². The van der Waals surface area contributed by atoms with Crippen LogP contribution in [-0.2, 0) is 10.2 Å². The fourth-order valence-electron chi connectivity index (χ4n) is 3.47. The summed E-state index contributed by atoms with van der Waals surface area (Å²) in [6.07, 6.45) is 3.29. The van der Waals surface area contributed by atoms with Crippen molar-refractivity contribution in [2.45, 2.75) is 45.4 Å². The first-order valence-electron chi connectivity index (χ1n) is 7.41. The van der Waals surface area contributed by atoms with E-state index in [2.05, 4.69) is 12.2 Å². The Morgan fingerprint density at radius 3 is 2.70 bits per heavy atom. The van der Waals surface area contributed by atoms with Crippen LogP contribution in [0.2, 0.25) is 0 Å². The minimum atomic E-state index is -0.549. The van der Waals surface area contributed by atoms with Crippen molar-refractivity contribution >= 4 is 17.4 Å². The molecule has 1 fully saturated rings. The Kier molecular flexibility index (Phi) is 2.96. The molecule has 1 aliphatic carbocycles. The fraction of sp³-hybridized carbons (Fsp3) is 0.529. The second-order valence-electron chi connectivity index (χ2n) is 6.72. The van der Waals surface area contributed by atoms with Crippen LogP contribution < -0.4 is 5.32 Å². The van der Waals surface area contributed by atoms with Crippen LogP contribution in [0.5, 0.6) is 0 Å². The molecule has 0 spiro atoms. The topological polar surface area (TPSA) is 46.2 Å². The summed E-state index contributed by atoms with van der Waals surface area (Å²) in [7, 11) is 0. The first kappa shape index (κ1) is 13.3. The predicted octanol–water partition coefficient (Wildman–Crippen LogP) is 3.54. The zero-order chi connectivity index (χ0) is 14.5. The van der Waals surface area contributed by atoms with Crippen LogP contribution in [0.1, 0.15) is 56.0 Å². The highest BCUT2D eigenvalue weighted by Crippen LogP contribution is 2.39. The van der Waals surface area contributed by atoms with Crippen LogP contribution in [0, 0.1) is 11.8 Å². The first-order valence-corrected chi connectivity index (χ1v) is 7.41. The number of ketones is 1. The van der Waals surface area contributed by atoms with Crippen molar-refractivity contribution in [3.8, 4) is 0 Å². The largest absolute Gasteiger partial charge is 0.325 e. The van der Waals surface area contributed by atoms with Gasteiger partial charge >= 0.3 is 0 Å². The lowest BCUT2D eigenvalue weighted by Gasteiger charge is -2.18. The number of hydrogen-bond donors (Lipinski definition) is 1. The number of hydrogen-bond acceptors (Lipinski definition) is 2. The lowest BCUT2D eigenvalue weighted by molar-refractivity contribution is -0.119. The zero-order valence-electron chi connectivity index (χ0n) is 12.3. The van der Waals surface area contributed by atoms with Gasteiger partial charge in [-0.25, -0.2) is 0 Å². The quantitative estimate of drug-likeness (QED) is 0.836. The van der Waals surface area contributed by atoms with E-state index in [1.54, 1.807) is 0 Å². The standard InChI is InChI=1S/C17H21NO2/c1-10-5-4-6-12(10)15(19)11-7-8-14-13(9-11)17(2,3)16(20)18-14/h7-10,12H,4-6H2,1-3H3,(H,18,20). The van der Waals surface area contributed by atoms with Crippen molar-refractivity contribution < 1.29 is 9.59 Å². The number of fused-ring (bicyclic) bond motifs is 1. The number of rotatable bonds is 2. The summed E-state index contributed by atoms with van der Waals surface area (Å²) in [4.78, 5) is 24.6. The Bertz CT molecular complexity index is 589. The van der Waals surface area contributed by atoms with Crippen molar-refractivity contribution in [3.63, 3.8) is 0 Å². The van der Waals surface area contributed by atoms with Gasteiger partial charge in [0.2, 0.25) is 5.91 Å². The molecule has 2 aliphatic rings. The second kappa shape index (κ2) is 4.44. The average Bonchev–Trinajstić information content (AvgIpc) is 2.92.